The van der Waals surface area contributed by atoms with Gasteiger partial charge in [0.2, 0.25) is 5.90 Å². The van der Waals surface area contributed by atoms with Crippen LogP contribution in [0.15, 0.2) is 11.6 Å². The lowest BCUT2D eigenvalue weighted by atomic mass is 9.44. The maximum Gasteiger partial charge on any atom is 0.302 e. The van der Waals surface area contributed by atoms with Gasteiger partial charge in [0.05, 0.1) is 0 Å². The number of hydrogen-bond acceptors (Lipinski definition) is 4. The molecule has 1 N–H and O–H groups in total. The topological polar surface area (TPSA) is 59.4 Å². The molecule has 0 radical (unpaired) electrons. The molecule has 0 aromatic heterocycles. The van der Waals surface area contributed by atoms with Gasteiger partial charge < -0.3 is 9.47 Å². The summed E-state index contributed by atoms with van der Waals surface area (Å²) in [6.45, 7) is 7.33. The Hall–Kier alpha value is -1.32. The van der Waals surface area contributed by atoms with Gasteiger partial charge in [-0.2, -0.15) is 0 Å². The third-order valence-corrected chi connectivity index (χ3v) is 10.1. The Kier molecular flexibility index (Phi) is 4.64. The third kappa shape index (κ3) is 2.99. The van der Waals surface area contributed by atoms with E-state index in [1.165, 1.54) is 50.5 Å². The highest BCUT2D eigenvalue weighted by molar-refractivity contribution is 5.87. The van der Waals surface area contributed by atoms with Crippen LogP contribution in [0.25, 0.3) is 0 Å². The molecule has 4 heteroatoms. The second kappa shape index (κ2) is 6.85. The SMILES string of the molecule is CC(=O)OC1CCC2(C)C(CCC3C2CCC2(C)C(C4=CC(=N)OC4)CCC32)C1. The van der Waals surface area contributed by atoms with E-state index in [1.54, 1.807) is 6.92 Å². The molecule has 4 nitrogen and oxygen atoms in total. The van der Waals surface area contributed by atoms with E-state index < -0.39 is 0 Å². The van der Waals surface area contributed by atoms with E-state index in [9.17, 15) is 4.79 Å². The van der Waals surface area contributed by atoms with Crippen molar-refractivity contribution in [3.05, 3.63) is 11.6 Å². The molecule has 8 unspecified atom stereocenters. The Labute approximate surface area is 175 Å². The molecule has 0 bridgehead atoms. The summed E-state index contributed by atoms with van der Waals surface area (Å²) in [5.41, 5.74) is 2.20. The monoisotopic (exact) mass is 399 g/mol. The number of ether oxygens (including phenoxy) is 2. The summed E-state index contributed by atoms with van der Waals surface area (Å²) in [6, 6.07) is 0. The molecule has 4 fully saturated rings. The maximum absolute atomic E-state index is 11.5. The van der Waals surface area contributed by atoms with Crippen LogP contribution in [-0.2, 0) is 14.3 Å². The highest BCUT2D eigenvalue weighted by atomic mass is 16.5. The van der Waals surface area contributed by atoms with Crippen LogP contribution >= 0.6 is 0 Å². The second-order valence-corrected chi connectivity index (χ2v) is 11.2. The fraction of sp³-hybridized carbons (Fsp3) is 0.840. The zero-order valence-corrected chi connectivity index (χ0v) is 18.3. The lowest BCUT2D eigenvalue weighted by Gasteiger charge is -2.61. The zero-order valence-electron chi connectivity index (χ0n) is 18.3. The van der Waals surface area contributed by atoms with Crippen LogP contribution in [0.3, 0.4) is 0 Å². The predicted molar refractivity (Wildman–Crippen MR) is 113 cm³/mol. The fourth-order valence-corrected chi connectivity index (χ4v) is 8.78. The maximum atomic E-state index is 11.5. The highest BCUT2D eigenvalue weighted by Crippen LogP contribution is 2.68. The van der Waals surface area contributed by atoms with Crippen molar-refractivity contribution in [3.63, 3.8) is 0 Å². The molecule has 0 spiro atoms. The molecule has 4 saturated carbocycles. The zero-order chi connectivity index (χ0) is 20.4. The second-order valence-electron chi connectivity index (χ2n) is 11.2. The van der Waals surface area contributed by atoms with E-state index in [2.05, 4.69) is 13.8 Å². The number of carbonyl (C=O) groups is 1. The number of nitrogens with one attached hydrogen (secondary N) is 1. The molecule has 29 heavy (non-hydrogen) atoms. The third-order valence-electron chi connectivity index (χ3n) is 10.1. The summed E-state index contributed by atoms with van der Waals surface area (Å²) in [5.74, 6) is 4.09. The van der Waals surface area contributed by atoms with Crippen LogP contribution in [0, 0.1) is 45.8 Å². The molecule has 8 atom stereocenters. The van der Waals surface area contributed by atoms with E-state index in [0.717, 1.165) is 36.5 Å². The van der Waals surface area contributed by atoms with E-state index in [1.807, 2.05) is 6.08 Å². The summed E-state index contributed by atoms with van der Waals surface area (Å²) < 4.78 is 11.1. The average Bonchev–Trinajstić information content (AvgIpc) is 3.24. The standard InChI is InChI=1S/C25H37NO3/c1-15(27)29-18-8-10-24(2)17(13-18)4-5-19-21-7-6-20(16-12-23(26)28-14-16)25(21,3)11-9-22(19)24/h12,17-22,26H,4-11,13-14H2,1-3H3. The van der Waals surface area contributed by atoms with Gasteiger partial charge in [0.25, 0.3) is 0 Å². The summed E-state index contributed by atoms with van der Waals surface area (Å²) in [5, 5.41) is 7.84. The molecular weight excluding hydrogens is 362 g/mol. The predicted octanol–water partition coefficient (Wildman–Crippen LogP) is 5.51. The van der Waals surface area contributed by atoms with Crippen molar-refractivity contribution < 1.29 is 14.3 Å². The van der Waals surface area contributed by atoms with Crippen molar-refractivity contribution in [3.8, 4) is 0 Å². The summed E-state index contributed by atoms with van der Waals surface area (Å²) >= 11 is 0. The van der Waals surface area contributed by atoms with Crippen molar-refractivity contribution in [2.75, 3.05) is 6.61 Å². The van der Waals surface area contributed by atoms with Crippen LogP contribution in [0.4, 0.5) is 0 Å². The highest BCUT2D eigenvalue weighted by Gasteiger charge is 2.60. The molecule has 4 aliphatic carbocycles. The first-order valence-electron chi connectivity index (χ1n) is 11.9. The molecule has 5 aliphatic rings. The molecule has 0 aromatic carbocycles. The number of fused-ring (bicyclic) bond motifs is 5. The van der Waals surface area contributed by atoms with Crippen LogP contribution in [0.2, 0.25) is 0 Å². The lowest BCUT2D eigenvalue weighted by molar-refractivity contribution is -0.159. The summed E-state index contributed by atoms with van der Waals surface area (Å²) in [4.78, 5) is 11.5. The van der Waals surface area contributed by atoms with Crippen molar-refractivity contribution in [2.24, 2.45) is 40.4 Å². The summed E-state index contributed by atoms with van der Waals surface area (Å²) in [7, 11) is 0. The molecule has 0 amide bonds. The van der Waals surface area contributed by atoms with Gasteiger partial charge in [-0.1, -0.05) is 13.8 Å². The first-order chi connectivity index (χ1) is 13.8. The van der Waals surface area contributed by atoms with Crippen molar-refractivity contribution in [2.45, 2.75) is 84.7 Å². The van der Waals surface area contributed by atoms with Gasteiger partial charge in [-0.15, -0.1) is 0 Å². The lowest BCUT2D eigenvalue weighted by Crippen LogP contribution is -2.54. The van der Waals surface area contributed by atoms with Crippen LogP contribution in [0.1, 0.15) is 78.6 Å². The van der Waals surface area contributed by atoms with Crippen LogP contribution in [0.5, 0.6) is 0 Å². The number of carbonyl (C=O) groups excluding carboxylic acids is 1. The van der Waals surface area contributed by atoms with Crippen LogP contribution < -0.4 is 0 Å². The van der Waals surface area contributed by atoms with Crippen molar-refractivity contribution in [1.29, 1.82) is 5.41 Å². The fourth-order valence-electron chi connectivity index (χ4n) is 8.78. The van der Waals surface area contributed by atoms with Crippen molar-refractivity contribution >= 4 is 11.9 Å². The Morgan fingerprint density at radius 2 is 1.83 bits per heavy atom. The minimum absolute atomic E-state index is 0.115. The molecule has 1 heterocycles. The van der Waals surface area contributed by atoms with Crippen LogP contribution in [-0.4, -0.2) is 24.6 Å². The Balaban J connectivity index is 1.35. The van der Waals surface area contributed by atoms with Gasteiger partial charge in [0, 0.05) is 13.0 Å². The van der Waals surface area contributed by atoms with E-state index in [-0.39, 0.29) is 12.1 Å². The first kappa shape index (κ1) is 19.6. The largest absolute Gasteiger partial charge is 0.474 e. The van der Waals surface area contributed by atoms with E-state index in [0.29, 0.717) is 29.3 Å². The first-order valence-corrected chi connectivity index (χ1v) is 11.9. The normalized spacial score (nSPS) is 48.8. The number of esters is 1. The Morgan fingerprint density at radius 1 is 1.07 bits per heavy atom. The van der Waals surface area contributed by atoms with E-state index in [4.69, 9.17) is 14.9 Å². The van der Waals surface area contributed by atoms with E-state index >= 15 is 0 Å². The van der Waals surface area contributed by atoms with Gasteiger partial charge in [0.1, 0.15) is 12.7 Å². The minimum Gasteiger partial charge on any atom is -0.474 e. The van der Waals surface area contributed by atoms with Crippen molar-refractivity contribution in [1.82, 2.24) is 0 Å². The molecule has 5 rings (SSSR count). The minimum atomic E-state index is -0.115. The van der Waals surface area contributed by atoms with Gasteiger partial charge in [-0.25, -0.2) is 0 Å². The molecule has 1 aliphatic heterocycles. The molecule has 0 saturated heterocycles. The van der Waals surface area contributed by atoms with Gasteiger partial charge in [-0.05, 0) is 104 Å². The number of hydrogen-bond donors (Lipinski definition) is 1. The molecular formula is C25H37NO3. The quantitative estimate of drug-likeness (QED) is 0.623. The molecule has 0 aromatic rings. The smallest absolute Gasteiger partial charge is 0.302 e. The molecule has 160 valence electrons. The van der Waals surface area contributed by atoms with Gasteiger partial charge in [-0.3, -0.25) is 10.2 Å². The summed E-state index contributed by atoms with van der Waals surface area (Å²) in [6.07, 6.45) is 13.5. The number of rotatable bonds is 2. The Morgan fingerprint density at radius 3 is 2.55 bits per heavy atom. The van der Waals surface area contributed by atoms with Gasteiger partial charge in [0.15, 0.2) is 0 Å². The average molecular weight is 400 g/mol. The Bertz CT molecular complexity index is 744. The van der Waals surface area contributed by atoms with Gasteiger partial charge >= 0.3 is 5.97 Å².